The van der Waals surface area contributed by atoms with E-state index in [9.17, 15) is 4.39 Å². The Morgan fingerprint density at radius 2 is 1.84 bits per heavy atom. The van der Waals surface area contributed by atoms with Gasteiger partial charge >= 0.3 is 0 Å². The molecule has 104 valence electrons. The predicted octanol–water partition coefficient (Wildman–Crippen LogP) is 3.46. The van der Waals surface area contributed by atoms with Crippen LogP contribution in [0.5, 0.6) is 0 Å². The second kappa shape index (κ2) is 5.91. The fourth-order valence-electron chi connectivity index (χ4n) is 3.26. The highest BCUT2D eigenvalue weighted by Gasteiger charge is 2.17. The van der Waals surface area contributed by atoms with Gasteiger partial charge in [0.1, 0.15) is 5.82 Å². The van der Waals surface area contributed by atoms with Crippen molar-refractivity contribution in [3.8, 4) is 0 Å². The van der Waals surface area contributed by atoms with Gasteiger partial charge in [0.25, 0.3) is 0 Å². The topological polar surface area (TPSA) is 15.3 Å². The van der Waals surface area contributed by atoms with Crippen LogP contribution in [-0.4, -0.2) is 19.1 Å². The van der Waals surface area contributed by atoms with Gasteiger partial charge in [-0.3, -0.25) is 0 Å². The molecule has 0 aromatic heterocycles. The number of benzene rings is 1. The number of anilines is 1. The first-order chi connectivity index (χ1) is 9.33. The smallest absolute Gasteiger partial charge is 0.146 e. The van der Waals surface area contributed by atoms with Gasteiger partial charge in [0.05, 0.1) is 5.69 Å². The summed E-state index contributed by atoms with van der Waals surface area (Å²) in [6, 6.07) is 6.24. The standard InChI is InChI=1S/C16H23FN2/c17-15-8-7-13(12-18-14-5-1-2-6-14)11-16(15)19-9-3-4-10-19/h7-8,11,14,18H,1-6,9-10,12H2. The van der Waals surface area contributed by atoms with Crippen molar-refractivity contribution >= 4 is 5.69 Å². The lowest BCUT2D eigenvalue weighted by atomic mass is 10.1. The molecule has 0 radical (unpaired) electrons. The molecular weight excluding hydrogens is 239 g/mol. The highest BCUT2D eigenvalue weighted by Crippen LogP contribution is 2.25. The molecule has 2 aliphatic rings. The maximum Gasteiger partial charge on any atom is 0.146 e. The van der Waals surface area contributed by atoms with E-state index in [1.165, 1.54) is 44.1 Å². The predicted molar refractivity (Wildman–Crippen MR) is 76.9 cm³/mol. The molecule has 19 heavy (non-hydrogen) atoms. The molecule has 1 saturated carbocycles. The third-order valence-corrected chi connectivity index (χ3v) is 4.41. The summed E-state index contributed by atoms with van der Waals surface area (Å²) in [6.07, 6.45) is 7.65. The number of nitrogens with one attached hydrogen (secondary N) is 1. The first-order valence-electron chi connectivity index (χ1n) is 7.60. The second-order valence-corrected chi connectivity index (χ2v) is 5.84. The second-order valence-electron chi connectivity index (χ2n) is 5.84. The quantitative estimate of drug-likeness (QED) is 0.894. The zero-order chi connectivity index (χ0) is 13.1. The van der Waals surface area contributed by atoms with Crippen molar-refractivity contribution in [2.24, 2.45) is 0 Å². The number of rotatable bonds is 4. The van der Waals surface area contributed by atoms with Gasteiger partial charge < -0.3 is 10.2 Å². The van der Waals surface area contributed by atoms with Crippen molar-refractivity contribution in [1.82, 2.24) is 5.32 Å². The SMILES string of the molecule is Fc1ccc(CNC2CCCC2)cc1N1CCCC1. The molecule has 1 aromatic rings. The average molecular weight is 262 g/mol. The first-order valence-corrected chi connectivity index (χ1v) is 7.60. The molecule has 2 nitrogen and oxygen atoms in total. The van der Waals surface area contributed by atoms with Gasteiger partial charge in [-0.15, -0.1) is 0 Å². The van der Waals surface area contributed by atoms with Gasteiger partial charge in [0.2, 0.25) is 0 Å². The molecule has 0 spiro atoms. The van der Waals surface area contributed by atoms with E-state index in [-0.39, 0.29) is 5.82 Å². The Hall–Kier alpha value is -1.09. The fraction of sp³-hybridized carbons (Fsp3) is 0.625. The summed E-state index contributed by atoms with van der Waals surface area (Å²) in [5.74, 6) is -0.0773. The number of nitrogens with zero attached hydrogens (tertiary/aromatic N) is 1. The van der Waals surface area contributed by atoms with E-state index in [1.807, 2.05) is 12.1 Å². The molecule has 1 aliphatic heterocycles. The molecule has 1 aliphatic carbocycles. The summed E-state index contributed by atoms with van der Waals surface area (Å²) in [4.78, 5) is 2.18. The van der Waals surface area contributed by atoms with Gasteiger partial charge in [-0.05, 0) is 43.4 Å². The van der Waals surface area contributed by atoms with Crippen molar-refractivity contribution < 1.29 is 4.39 Å². The molecule has 0 atom stereocenters. The van der Waals surface area contributed by atoms with Crippen LogP contribution in [0.25, 0.3) is 0 Å². The van der Waals surface area contributed by atoms with Crippen LogP contribution >= 0.6 is 0 Å². The van der Waals surface area contributed by atoms with Crippen LogP contribution < -0.4 is 10.2 Å². The van der Waals surface area contributed by atoms with Crippen LogP contribution in [0.1, 0.15) is 44.1 Å². The fourth-order valence-corrected chi connectivity index (χ4v) is 3.26. The lowest BCUT2D eigenvalue weighted by Crippen LogP contribution is -2.25. The van der Waals surface area contributed by atoms with Gasteiger partial charge in [0, 0.05) is 25.7 Å². The highest BCUT2D eigenvalue weighted by atomic mass is 19.1. The summed E-state index contributed by atoms with van der Waals surface area (Å²) in [5, 5.41) is 3.59. The third-order valence-electron chi connectivity index (χ3n) is 4.41. The van der Waals surface area contributed by atoms with Crippen molar-refractivity contribution in [3.63, 3.8) is 0 Å². The molecule has 2 fully saturated rings. The van der Waals surface area contributed by atoms with E-state index in [2.05, 4.69) is 10.2 Å². The lowest BCUT2D eigenvalue weighted by molar-refractivity contribution is 0.523. The first kappa shape index (κ1) is 12.9. The van der Waals surface area contributed by atoms with Crippen molar-refractivity contribution in [3.05, 3.63) is 29.6 Å². The molecule has 1 N–H and O–H groups in total. The molecule has 3 rings (SSSR count). The molecule has 3 heteroatoms. The molecular formula is C16H23FN2. The zero-order valence-electron chi connectivity index (χ0n) is 11.5. The van der Waals surface area contributed by atoms with Crippen LogP contribution in [0.2, 0.25) is 0 Å². The van der Waals surface area contributed by atoms with Gasteiger partial charge in [-0.25, -0.2) is 4.39 Å². The van der Waals surface area contributed by atoms with Crippen molar-refractivity contribution in [2.75, 3.05) is 18.0 Å². The molecule has 1 aromatic carbocycles. The monoisotopic (exact) mass is 262 g/mol. The number of halogens is 1. The Morgan fingerprint density at radius 3 is 2.58 bits per heavy atom. The van der Waals surface area contributed by atoms with E-state index >= 15 is 0 Å². The maximum absolute atomic E-state index is 13.9. The summed E-state index contributed by atoms with van der Waals surface area (Å²) in [7, 11) is 0. The largest absolute Gasteiger partial charge is 0.369 e. The average Bonchev–Trinajstić information content (AvgIpc) is 3.11. The Balaban J connectivity index is 1.66. The Kier molecular flexibility index (Phi) is 4.02. The molecule has 0 bridgehead atoms. The molecule has 0 amide bonds. The lowest BCUT2D eigenvalue weighted by Gasteiger charge is -2.20. The van der Waals surface area contributed by atoms with E-state index in [1.54, 1.807) is 6.07 Å². The van der Waals surface area contributed by atoms with Crippen molar-refractivity contribution in [2.45, 2.75) is 51.1 Å². The Morgan fingerprint density at radius 1 is 1.11 bits per heavy atom. The molecule has 1 heterocycles. The van der Waals surface area contributed by atoms with E-state index in [4.69, 9.17) is 0 Å². The van der Waals surface area contributed by atoms with E-state index in [0.717, 1.165) is 25.3 Å². The van der Waals surface area contributed by atoms with Gasteiger partial charge in [-0.1, -0.05) is 18.9 Å². The molecule has 0 unspecified atom stereocenters. The summed E-state index contributed by atoms with van der Waals surface area (Å²) in [6.45, 7) is 2.86. The maximum atomic E-state index is 13.9. The highest BCUT2D eigenvalue weighted by molar-refractivity contribution is 5.50. The normalized spacial score (nSPS) is 20.4. The minimum Gasteiger partial charge on any atom is -0.369 e. The Labute approximate surface area is 115 Å². The van der Waals surface area contributed by atoms with Crippen LogP contribution in [0.15, 0.2) is 18.2 Å². The minimum absolute atomic E-state index is 0.0773. The zero-order valence-corrected chi connectivity index (χ0v) is 11.5. The van der Waals surface area contributed by atoms with Gasteiger partial charge in [0.15, 0.2) is 0 Å². The van der Waals surface area contributed by atoms with Gasteiger partial charge in [-0.2, -0.15) is 0 Å². The molecule has 1 saturated heterocycles. The number of hydrogen-bond acceptors (Lipinski definition) is 2. The van der Waals surface area contributed by atoms with Crippen LogP contribution in [-0.2, 0) is 6.54 Å². The number of hydrogen-bond donors (Lipinski definition) is 1. The summed E-state index contributed by atoms with van der Waals surface area (Å²) in [5.41, 5.74) is 2.00. The van der Waals surface area contributed by atoms with Crippen LogP contribution in [0.3, 0.4) is 0 Å². The van der Waals surface area contributed by atoms with Crippen LogP contribution in [0.4, 0.5) is 10.1 Å². The van der Waals surface area contributed by atoms with E-state index < -0.39 is 0 Å². The van der Waals surface area contributed by atoms with Crippen LogP contribution in [0, 0.1) is 5.82 Å². The third kappa shape index (κ3) is 3.08. The minimum atomic E-state index is -0.0773. The summed E-state index contributed by atoms with van der Waals surface area (Å²) >= 11 is 0. The van der Waals surface area contributed by atoms with Crippen molar-refractivity contribution in [1.29, 1.82) is 0 Å². The Bertz CT molecular complexity index is 421. The van der Waals surface area contributed by atoms with E-state index in [0.29, 0.717) is 6.04 Å². The summed E-state index contributed by atoms with van der Waals surface area (Å²) < 4.78 is 13.9.